The van der Waals surface area contributed by atoms with E-state index in [-0.39, 0.29) is 5.97 Å². The molecular weight excluding hydrogens is 248 g/mol. The van der Waals surface area contributed by atoms with E-state index in [1.165, 1.54) is 0 Å². The van der Waals surface area contributed by atoms with Gasteiger partial charge in [-0.1, -0.05) is 23.8 Å². The highest BCUT2D eigenvalue weighted by Crippen LogP contribution is 2.21. The Morgan fingerprint density at radius 1 is 0.750 bits per heavy atom. The maximum absolute atomic E-state index is 12.4. The van der Waals surface area contributed by atoms with E-state index < -0.39 is 0 Å². The molecule has 0 N–H and O–H groups in total. The highest BCUT2D eigenvalue weighted by atomic mass is 16.5. The molecule has 0 amide bonds. The monoisotopic (exact) mass is 268 g/mol. The number of rotatable bonds is 2. The Bertz CT molecular complexity index is 626. The smallest absolute Gasteiger partial charge is 0.344 e. The van der Waals surface area contributed by atoms with Gasteiger partial charge in [0.05, 0.1) is 5.56 Å². The number of benzene rings is 2. The van der Waals surface area contributed by atoms with Crippen molar-refractivity contribution < 1.29 is 9.53 Å². The molecule has 0 aliphatic rings. The maximum Gasteiger partial charge on any atom is 0.344 e. The van der Waals surface area contributed by atoms with Crippen LogP contribution in [0.1, 0.15) is 38.2 Å². The Hall–Kier alpha value is -2.09. The van der Waals surface area contributed by atoms with Gasteiger partial charge >= 0.3 is 5.97 Å². The predicted octanol–water partition coefficient (Wildman–Crippen LogP) is 4.45. The summed E-state index contributed by atoms with van der Waals surface area (Å²) in [5.74, 6) is 0.317. The molecule has 2 aromatic rings. The van der Waals surface area contributed by atoms with Crippen LogP contribution in [-0.2, 0) is 0 Å². The lowest BCUT2D eigenvalue weighted by atomic mass is 10.00. The Balaban J connectivity index is 2.33. The largest absolute Gasteiger partial charge is 0.423 e. The molecule has 0 saturated heterocycles. The molecule has 2 nitrogen and oxygen atoms in total. The van der Waals surface area contributed by atoms with Crippen molar-refractivity contribution in [2.75, 3.05) is 0 Å². The quantitative estimate of drug-likeness (QED) is 0.594. The number of hydrogen-bond donors (Lipinski definition) is 0. The SMILES string of the molecule is Cc1cc(C)cc(OC(=O)c2c(C)cc(C)cc2C)c1. The van der Waals surface area contributed by atoms with Gasteiger partial charge in [-0.2, -0.15) is 0 Å². The van der Waals surface area contributed by atoms with E-state index in [1.807, 2.05) is 58.9 Å². The molecule has 0 aliphatic carbocycles. The Labute approximate surface area is 120 Å². The van der Waals surface area contributed by atoms with Crippen molar-refractivity contribution in [1.29, 1.82) is 0 Å². The number of carbonyl (C=O) groups is 1. The second kappa shape index (κ2) is 5.49. The van der Waals surface area contributed by atoms with E-state index in [4.69, 9.17) is 4.74 Å². The van der Waals surface area contributed by atoms with Gasteiger partial charge in [-0.25, -0.2) is 4.79 Å². The van der Waals surface area contributed by atoms with E-state index in [2.05, 4.69) is 6.07 Å². The standard InChI is InChI=1S/C18H20O2/c1-11-6-12(2)10-16(9-11)20-18(19)17-14(4)7-13(3)8-15(17)5/h6-10H,1-5H3. The van der Waals surface area contributed by atoms with Gasteiger partial charge < -0.3 is 4.74 Å². The molecule has 0 radical (unpaired) electrons. The van der Waals surface area contributed by atoms with Gasteiger partial charge in [-0.15, -0.1) is 0 Å². The zero-order valence-electron chi connectivity index (χ0n) is 12.7. The summed E-state index contributed by atoms with van der Waals surface area (Å²) >= 11 is 0. The Morgan fingerprint density at radius 2 is 1.20 bits per heavy atom. The number of aryl methyl sites for hydroxylation is 5. The lowest BCUT2D eigenvalue weighted by Gasteiger charge is -2.11. The summed E-state index contributed by atoms with van der Waals surface area (Å²) in [6.07, 6.45) is 0. The molecule has 0 saturated carbocycles. The van der Waals surface area contributed by atoms with Crippen molar-refractivity contribution in [3.8, 4) is 5.75 Å². The summed E-state index contributed by atoms with van der Waals surface area (Å²) in [6.45, 7) is 9.90. The second-order valence-corrected chi connectivity index (χ2v) is 5.49. The molecule has 0 aromatic heterocycles. The number of esters is 1. The number of carbonyl (C=O) groups excluding carboxylic acids is 1. The fourth-order valence-electron chi connectivity index (χ4n) is 2.65. The van der Waals surface area contributed by atoms with E-state index in [0.717, 1.165) is 27.8 Å². The topological polar surface area (TPSA) is 26.3 Å². The third kappa shape index (κ3) is 3.08. The number of ether oxygens (including phenoxy) is 1. The van der Waals surface area contributed by atoms with Gasteiger partial charge in [-0.05, 0) is 69.0 Å². The summed E-state index contributed by atoms with van der Waals surface area (Å²) in [5, 5.41) is 0. The summed E-state index contributed by atoms with van der Waals surface area (Å²) in [6, 6.07) is 9.82. The van der Waals surface area contributed by atoms with Crippen molar-refractivity contribution >= 4 is 5.97 Å². The van der Waals surface area contributed by atoms with Gasteiger partial charge in [0.1, 0.15) is 5.75 Å². The van der Waals surface area contributed by atoms with Crippen LogP contribution in [0, 0.1) is 34.6 Å². The third-order valence-electron chi connectivity index (χ3n) is 3.29. The molecular formula is C18H20O2. The fraction of sp³-hybridized carbons (Fsp3) is 0.278. The molecule has 0 fully saturated rings. The lowest BCUT2D eigenvalue weighted by molar-refractivity contribution is 0.0733. The van der Waals surface area contributed by atoms with Crippen LogP contribution in [0.15, 0.2) is 30.3 Å². The molecule has 0 bridgehead atoms. The molecule has 2 rings (SSSR count). The molecule has 0 atom stereocenters. The molecule has 2 heteroatoms. The van der Waals surface area contributed by atoms with Crippen LogP contribution in [0.3, 0.4) is 0 Å². The first-order chi connectivity index (χ1) is 9.36. The van der Waals surface area contributed by atoms with Crippen molar-refractivity contribution in [2.45, 2.75) is 34.6 Å². The zero-order valence-corrected chi connectivity index (χ0v) is 12.7. The first kappa shape index (κ1) is 14.3. The van der Waals surface area contributed by atoms with Crippen LogP contribution >= 0.6 is 0 Å². The molecule has 20 heavy (non-hydrogen) atoms. The van der Waals surface area contributed by atoms with E-state index in [0.29, 0.717) is 11.3 Å². The summed E-state index contributed by atoms with van der Waals surface area (Å²) in [5.41, 5.74) is 5.90. The highest BCUT2D eigenvalue weighted by molar-refractivity contribution is 5.94. The third-order valence-corrected chi connectivity index (χ3v) is 3.29. The van der Waals surface area contributed by atoms with E-state index in [9.17, 15) is 4.79 Å². The average Bonchev–Trinajstić information content (AvgIpc) is 2.25. The van der Waals surface area contributed by atoms with Crippen LogP contribution in [-0.4, -0.2) is 5.97 Å². The van der Waals surface area contributed by atoms with Gasteiger partial charge in [0, 0.05) is 0 Å². The summed E-state index contributed by atoms with van der Waals surface area (Å²) in [7, 11) is 0. The molecule has 0 heterocycles. The second-order valence-electron chi connectivity index (χ2n) is 5.49. The van der Waals surface area contributed by atoms with Gasteiger partial charge in [0.2, 0.25) is 0 Å². The van der Waals surface area contributed by atoms with Crippen LogP contribution in [0.25, 0.3) is 0 Å². The van der Waals surface area contributed by atoms with Gasteiger partial charge in [0.25, 0.3) is 0 Å². The summed E-state index contributed by atoms with van der Waals surface area (Å²) in [4.78, 5) is 12.4. The molecule has 104 valence electrons. The summed E-state index contributed by atoms with van der Waals surface area (Å²) < 4.78 is 5.52. The highest BCUT2D eigenvalue weighted by Gasteiger charge is 2.15. The van der Waals surface area contributed by atoms with Crippen LogP contribution in [0.4, 0.5) is 0 Å². The predicted molar refractivity (Wildman–Crippen MR) is 81.5 cm³/mol. The minimum atomic E-state index is -0.287. The first-order valence-electron chi connectivity index (χ1n) is 6.75. The number of hydrogen-bond acceptors (Lipinski definition) is 2. The Kier molecular flexibility index (Phi) is 3.93. The van der Waals surface area contributed by atoms with Crippen LogP contribution < -0.4 is 4.74 Å². The van der Waals surface area contributed by atoms with Crippen molar-refractivity contribution in [2.24, 2.45) is 0 Å². The van der Waals surface area contributed by atoms with Crippen molar-refractivity contribution in [3.63, 3.8) is 0 Å². The minimum absolute atomic E-state index is 0.287. The molecule has 0 spiro atoms. The zero-order chi connectivity index (χ0) is 14.9. The molecule has 2 aromatic carbocycles. The van der Waals surface area contributed by atoms with E-state index in [1.54, 1.807) is 0 Å². The van der Waals surface area contributed by atoms with E-state index >= 15 is 0 Å². The Morgan fingerprint density at radius 3 is 1.70 bits per heavy atom. The fourth-order valence-corrected chi connectivity index (χ4v) is 2.65. The average molecular weight is 268 g/mol. The lowest BCUT2D eigenvalue weighted by Crippen LogP contribution is -2.12. The van der Waals surface area contributed by atoms with Crippen molar-refractivity contribution in [3.05, 3.63) is 63.7 Å². The molecule has 0 unspecified atom stereocenters. The normalized spacial score (nSPS) is 10.4. The van der Waals surface area contributed by atoms with Crippen molar-refractivity contribution in [1.82, 2.24) is 0 Å². The van der Waals surface area contributed by atoms with Gasteiger partial charge in [-0.3, -0.25) is 0 Å². The van der Waals surface area contributed by atoms with Gasteiger partial charge in [0.15, 0.2) is 0 Å². The van der Waals surface area contributed by atoms with Crippen LogP contribution in [0.5, 0.6) is 5.75 Å². The maximum atomic E-state index is 12.4. The minimum Gasteiger partial charge on any atom is -0.423 e. The molecule has 0 aliphatic heterocycles. The van der Waals surface area contributed by atoms with Crippen LogP contribution in [0.2, 0.25) is 0 Å². The first-order valence-corrected chi connectivity index (χ1v) is 6.75.